The first-order valence-electron chi connectivity index (χ1n) is 5.37. The Morgan fingerprint density at radius 2 is 2.31 bits per heavy atom. The highest BCUT2D eigenvalue weighted by Gasteiger charge is 2.31. The largest absolute Gasteiger partial charge is 0.299 e. The molecule has 1 aliphatic carbocycles. The summed E-state index contributed by atoms with van der Waals surface area (Å²) in [6.07, 6.45) is 6.38. The third-order valence-electron chi connectivity index (χ3n) is 3.29. The molecule has 0 radical (unpaired) electrons. The summed E-state index contributed by atoms with van der Waals surface area (Å²) in [6.45, 7) is 8.01. The van der Waals surface area contributed by atoms with Crippen LogP contribution in [0.2, 0.25) is 0 Å². The van der Waals surface area contributed by atoms with Crippen LogP contribution in [0.4, 0.5) is 0 Å². The monoisotopic (exact) mass is 180 g/mol. The first kappa shape index (κ1) is 10.5. The first-order valence-corrected chi connectivity index (χ1v) is 5.37. The van der Waals surface area contributed by atoms with E-state index in [2.05, 4.69) is 20.4 Å². The smallest absolute Gasteiger partial charge is 0.139 e. The lowest BCUT2D eigenvalue weighted by Crippen LogP contribution is -2.31. The Kier molecular flexibility index (Phi) is 3.71. The SMILES string of the molecule is C=CC(CC)C1CCCC(C)C1=O. The van der Waals surface area contributed by atoms with Crippen LogP contribution >= 0.6 is 0 Å². The average Bonchev–Trinajstić information content (AvgIpc) is 2.14. The van der Waals surface area contributed by atoms with E-state index in [9.17, 15) is 4.79 Å². The molecule has 74 valence electrons. The van der Waals surface area contributed by atoms with E-state index < -0.39 is 0 Å². The molecule has 0 bridgehead atoms. The molecule has 0 aliphatic heterocycles. The molecule has 1 aliphatic rings. The quantitative estimate of drug-likeness (QED) is 0.609. The van der Waals surface area contributed by atoms with Gasteiger partial charge in [0.25, 0.3) is 0 Å². The molecule has 1 nitrogen and oxygen atoms in total. The fourth-order valence-corrected chi connectivity index (χ4v) is 2.33. The summed E-state index contributed by atoms with van der Waals surface area (Å²) < 4.78 is 0. The van der Waals surface area contributed by atoms with E-state index in [0.29, 0.717) is 11.7 Å². The van der Waals surface area contributed by atoms with E-state index in [1.54, 1.807) is 0 Å². The highest BCUT2D eigenvalue weighted by atomic mass is 16.1. The van der Waals surface area contributed by atoms with Crippen LogP contribution in [-0.4, -0.2) is 5.78 Å². The number of carbonyl (C=O) groups excluding carboxylic acids is 1. The van der Waals surface area contributed by atoms with Gasteiger partial charge in [-0.3, -0.25) is 4.79 Å². The highest BCUT2D eigenvalue weighted by Crippen LogP contribution is 2.32. The van der Waals surface area contributed by atoms with Crippen molar-refractivity contribution in [2.75, 3.05) is 0 Å². The average molecular weight is 180 g/mol. The van der Waals surface area contributed by atoms with E-state index in [1.165, 1.54) is 6.42 Å². The van der Waals surface area contributed by atoms with Gasteiger partial charge in [0.05, 0.1) is 0 Å². The summed E-state index contributed by atoms with van der Waals surface area (Å²) in [6, 6.07) is 0. The maximum absolute atomic E-state index is 11.8. The molecule has 3 atom stereocenters. The Balaban J connectivity index is 2.66. The van der Waals surface area contributed by atoms with Crippen molar-refractivity contribution < 1.29 is 4.79 Å². The number of ketones is 1. The van der Waals surface area contributed by atoms with Gasteiger partial charge >= 0.3 is 0 Å². The van der Waals surface area contributed by atoms with Crippen molar-refractivity contribution in [2.45, 2.75) is 39.5 Å². The summed E-state index contributed by atoms with van der Waals surface area (Å²) >= 11 is 0. The molecule has 0 saturated heterocycles. The van der Waals surface area contributed by atoms with Crippen molar-refractivity contribution in [3.63, 3.8) is 0 Å². The Labute approximate surface area is 81.2 Å². The van der Waals surface area contributed by atoms with Crippen LogP contribution in [0.25, 0.3) is 0 Å². The van der Waals surface area contributed by atoms with Gasteiger partial charge in [-0.15, -0.1) is 6.58 Å². The predicted molar refractivity (Wildman–Crippen MR) is 55.5 cm³/mol. The van der Waals surface area contributed by atoms with Crippen molar-refractivity contribution in [3.8, 4) is 0 Å². The number of carbonyl (C=O) groups is 1. The summed E-state index contributed by atoms with van der Waals surface area (Å²) in [5.41, 5.74) is 0. The van der Waals surface area contributed by atoms with Crippen LogP contribution in [0.1, 0.15) is 39.5 Å². The fourth-order valence-electron chi connectivity index (χ4n) is 2.33. The number of allylic oxidation sites excluding steroid dienone is 1. The molecule has 3 unspecified atom stereocenters. The summed E-state index contributed by atoms with van der Waals surface area (Å²) in [5, 5.41) is 0. The fraction of sp³-hybridized carbons (Fsp3) is 0.750. The molecule has 0 spiro atoms. The van der Waals surface area contributed by atoms with Crippen LogP contribution in [0.3, 0.4) is 0 Å². The minimum Gasteiger partial charge on any atom is -0.299 e. The zero-order valence-corrected chi connectivity index (χ0v) is 8.75. The Hall–Kier alpha value is -0.590. The first-order chi connectivity index (χ1) is 6.20. The second-order valence-electron chi connectivity index (χ2n) is 4.15. The van der Waals surface area contributed by atoms with Gasteiger partial charge in [-0.25, -0.2) is 0 Å². The van der Waals surface area contributed by atoms with Gasteiger partial charge in [0, 0.05) is 11.8 Å². The second kappa shape index (κ2) is 4.59. The van der Waals surface area contributed by atoms with Crippen molar-refractivity contribution in [1.82, 2.24) is 0 Å². The van der Waals surface area contributed by atoms with Crippen molar-refractivity contribution in [2.24, 2.45) is 17.8 Å². The third-order valence-corrected chi connectivity index (χ3v) is 3.29. The number of Topliss-reactive ketones (excluding diaryl/α,β-unsaturated/α-hetero) is 1. The minimum absolute atomic E-state index is 0.270. The molecule has 0 aromatic rings. The lowest BCUT2D eigenvalue weighted by atomic mass is 9.74. The van der Waals surface area contributed by atoms with Gasteiger partial charge in [-0.05, 0) is 25.2 Å². The Bertz CT molecular complexity index is 195. The molecule has 0 N–H and O–H groups in total. The minimum atomic E-state index is 0.270. The molecule has 0 heterocycles. The third kappa shape index (κ3) is 2.20. The summed E-state index contributed by atoms with van der Waals surface area (Å²) in [5.74, 6) is 1.44. The van der Waals surface area contributed by atoms with Gasteiger partial charge in [0.2, 0.25) is 0 Å². The molecular formula is C12H20O. The van der Waals surface area contributed by atoms with Crippen LogP contribution < -0.4 is 0 Å². The van der Waals surface area contributed by atoms with E-state index in [0.717, 1.165) is 19.3 Å². The molecule has 0 amide bonds. The number of hydrogen-bond donors (Lipinski definition) is 0. The van der Waals surface area contributed by atoms with Crippen LogP contribution in [0.5, 0.6) is 0 Å². The van der Waals surface area contributed by atoms with Gasteiger partial charge in [-0.2, -0.15) is 0 Å². The van der Waals surface area contributed by atoms with Crippen LogP contribution in [0.15, 0.2) is 12.7 Å². The molecule has 1 saturated carbocycles. The number of hydrogen-bond acceptors (Lipinski definition) is 1. The topological polar surface area (TPSA) is 17.1 Å². The van der Waals surface area contributed by atoms with E-state index in [4.69, 9.17) is 0 Å². The maximum atomic E-state index is 11.8. The molecule has 1 heteroatoms. The van der Waals surface area contributed by atoms with E-state index in [1.807, 2.05) is 6.08 Å². The highest BCUT2D eigenvalue weighted by molar-refractivity contribution is 5.84. The second-order valence-corrected chi connectivity index (χ2v) is 4.15. The molecule has 0 aromatic carbocycles. The maximum Gasteiger partial charge on any atom is 0.139 e. The number of rotatable bonds is 3. The molecular weight excluding hydrogens is 160 g/mol. The zero-order valence-electron chi connectivity index (χ0n) is 8.75. The zero-order chi connectivity index (χ0) is 9.84. The Morgan fingerprint density at radius 3 is 2.85 bits per heavy atom. The van der Waals surface area contributed by atoms with Crippen LogP contribution in [-0.2, 0) is 4.79 Å². The Morgan fingerprint density at radius 1 is 1.62 bits per heavy atom. The molecule has 1 fully saturated rings. The lowest BCUT2D eigenvalue weighted by Gasteiger charge is -2.29. The van der Waals surface area contributed by atoms with Gasteiger partial charge in [-0.1, -0.05) is 26.3 Å². The van der Waals surface area contributed by atoms with E-state index >= 15 is 0 Å². The van der Waals surface area contributed by atoms with Crippen molar-refractivity contribution in [3.05, 3.63) is 12.7 Å². The van der Waals surface area contributed by atoms with Gasteiger partial charge < -0.3 is 0 Å². The lowest BCUT2D eigenvalue weighted by molar-refractivity contribution is -0.129. The van der Waals surface area contributed by atoms with Crippen molar-refractivity contribution >= 4 is 5.78 Å². The summed E-state index contributed by atoms with van der Waals surface area (Å²) in [4.78, 5) is 11.8. The molecule has 1 rings (SSSR count). The summed E-state index contributed by atoms with van der Waals surface area (Å²) in [7, 11) is 0. The van der Waals surface area contributed by atoms with E-state index in [-0.39, 0.29) is 11.8 Å². The van der Waals surface area contributed by atoms with Gasteiger partial charge in [0.1, 0.15) is 5.78 Å². The molecule has 0 aromatic heterocycles. The standard InChI is InChI=1S/C12H20O/c1-4-10(5-2)11-8-6-7-9(3)12(11)13/h4,9-11H,1,5-8H2,2-3H3. The van der Waals surface area contributed by atoms with Crippen LogP contribution in [0, 0.1) is 17.8 Å². The normalized spacial score (nSPS) is 31.4. The van der Waals surface area contributed by atoms with Gasteiger partial charge in [0.15, 0.2) is 0 Å². The van der Waals surface area contributed by atoms with Crippen molar-refractivity contribution in [1.29, 1.82) is 0 Å². The molecule has 13 heavy (non-hydrogen) atoms. The predicted octanol–water partition coefficient (Wildman–Crippen LogP) is 3.20.